The quantitative estimate of drug-likeness (QED) is 0.598. The van der Waals surface area contributed by atoms with Gasteiger partial charge in [0.25, 0.3) is 0 Å². The zero-order valence-corrected chi connectivity index (χ0v) is 17.1. The molecular weight excluding hydrogens is 354 g/mol. The van der Waals surface area contributed by atoms with E-state index in [-0.39, 0.29) is 11.8 Å². The normalized spacial score (nSPS) is 12.3. The van der Waals surface area contributed by atoms with Gasteiger partial charge < -0.3 is 14.6 Å². The summed E-state index contributed by atoms with van der Waals surface area (Å²) in [6.07, 6.45) is 3.99. The van der Waals surface area contributed by atoms with Gasteiger partial charge in [0.05, 0.1) is 6.61 Å². The summed E-state index contributed by atoms with van der Waals surface area (Å²) in [5.41, 5.74) is 2.63. The summed E-state index contributed by atoms with van der Waals surface area (Å²) in [5, 5.41) is 11.9. The van der Waals surface area contributed by atoms with Crippen LogP contribution >= 0.6 is 0 Å². The molecule has 2 aromatic heterocycles. The predicted octanol–water partition coefficient (Wildman–Crippen LogP) is 4.29. The lowest BCUT2D eigenvalue weighted by atomic mass is 9.98. The number of nitrogens with zero attached hydrogens (tertiary/aromatic N) is 4. The molecule has 1 N–H and O–H groups in total. The summed E-state index contributed by atoms with van der Waals surface area (Å²) < 4.78 is 8.98. The number of anilines is 1. The van der Waals surface area contributed by atoms with Gasteiger partial charge in [-0.3, -0.25) is 4.79 Å². The van der Waals surface area contributed by atoms with Crippen molar-refractivity contribution in [2.24, 2.45) is 13.0 Å². The molecule has 0 aliphatic heterocycles. The van der Waals surface area contributed by atoms with E-state index in [0.29, 0.717) is 12.5 Å². The maximum Gasteiger partial charge on any atom is 0.237 e. The Morgan fingerprint density at radius 1 is 1.18 bits per heavy atom. The van der Waals surface area contributed by atoms with Crippen LogP contribution in [-0.2, 0) is 11.8 Å². The number of nitrogens with one attached hydrogen (secondary N) is 1. The Hall–Kier alpha value is -2.83. The van der Waals surface area contributed by atoms with Gasteiger partial charge in [-0.05, 0) is 44.0 Å². The number of carbonyl (C=O) groups excluding carboxylic acids is 1. The topological polar surface area (TPSA) is 73.5 Å². The fraction of sp³-hybridized carbons (Fsp3) is 0.476. The first kappa shape index (κ1) is 19.9. The molecular formula is C21H29N5O2. The number of aromatic nitrogens is 4. The van der Waals surface area contributed by atoms with Crippen LogP contribution in [-0.4, -0.2) is 31.9 Å². The van der Waals surface area contributed by atoms with Crippen LogP contribution < -0.4 is 10.1 Å². The summed E-state index contributed by atoms with van der Waals surface area (Å²) in [7, 11) is 1.95. The molecule has 28 heavy (non-hydrogen) atoms. The molecule has 1 atom stereocenters. The number of amides is 1. The van der Waals surface area contributed by atoms with Crippen LogP contribution in [0.4, 0.5) is 5.69 Å². The SMILES string of the molecule is CCCCC(CC)C(=O)Nc1ccc(-c2nn3nc(OCC)cc3n2C)cc1. The number of carbonyl (C=O) groups is 1. The van der Waals surface area contributed by atoms with Crippen molar-refractivity contribution in [1.29, 1.82) is 0 Å². The molecule has 2 heterocycles. The van der Waals surface area contributed by atoms with E-state index in [1.54, 1.807) is 4.63 Å². The fourth-order valence-electron chi connectivity index (χ4n) is 3.30. The molecule has 0 aliphatic carbocycles. The lowest BCUT2D eigenvalue weighted by molar-refractivity contribution is -0.120. The summed E-state index contributed by atoms with van der Waals surface area (Å²) in [6.45, 7) is 6.71. The smallest absolute Gasteiger partial charge is 0.237 e. The molecule has 0 fully saturated rings. The zero-order valence-electron chi connectivity index (χ0n) is 17.1. The molecule has 150 valence electrons. The Morgan fingerprint density at radius 2 is 1.93 bits per heavy atom. The van der Waals surface area contributed by atoms with Crippen LogP contribution in [0.5, 0.6) is 5.88 Å². The highest BCUT2D eigenvalue weighted by atomic mass is 16.5. The molecule has 1 aromatic carbocycles. The molecule has 0 saturated carbocycles. The molecule has 3 aromatic rings. The van der Waals surface area contributed by atoms with Crippen molar-refractivity contribution >= 4 is 17.2 Å². The van der Waals surface area contributed by atoms with Crippen molar-refractivity contribution in [3.05, 3.63) is 30.3 Å². The molecule has 1 amide bonds. The van der Waals surface area contributed by atoms with Crippen molar-refractivity contribution in [3.63, 3.8) is 0 Å². The second-order valence-corrected chi connectivity index (χ2v) is 6.96. The largest absolute Gasteiger partial charge is 0.477 e. The number of hydrogen-bond donors (Lipinski definition) is 1. The van der Waals surface area contributed by atoms with Gasteiger partial charge >= 0.3 is 0 Å². The zero-order chi connectivity index (χ0) is 20.1. The Kier molecular flexibility index (Phi) is 6.34. The number of aryl methyl sites for hydroxylation is 1. The highest BCUT2D eigenvalue weighted by Gasteiger charge is 2.17. The first-order valence-electron chi connectivity index (χ1n) is 10.0. The second-order valence-electron chi connectivity index (χ2n) is 6.96. The van der Waals surface area contributed by atoms with Gasteiger partial charge in [0.1, 0.15) is 0 Å². The van der Waals surface area contributed by atoms with Crippen molar-refractivity contribution in [2.45, 2.75) is 46.5 Å². The standard InChI is InChI=1S/C21H29N5O2/c1-5-8-9-15(6-2)21(27)22-17-12-10-16(11-13-17)20-24-26-19(25(20)4)14-18(23-26)28-7-3/h10-15H,5-9H2,1-4H3,(H,22,27). The Morgan fingerprint density at radius 3 is 2.54 bits per heavy atom. The molecule has 1 unspecified atom stereocenters. The van der Waals surface area contributed by atoms with E-state index in [4.69, 9.17) is 4.74 Å². The number of rotatable bonds is 9. The van der Waals surface area contributed by atoms with Crippen molar-refractivity contribution in [1.82, 2.24) is 19.4 Å². The van der Waals surface area contributed by atoms with Gasteiger partial charge in [-0.25, -0.2) is 0 Å². The summed E-state index contributed by atoms with van der Waals surface area (Å²) in [6, 6.07) is 9.64. The monoisotopic (exact) mass is 383 g/mol. The highest BCUT2D eigenvalue weighted by Crippen LogP contribution is 2.24. The highest BCUT2D eigenvalue weighted by molar-refractivity contribution is 5.92. The van der Waals surface area contributed by atoms with Crippen LogP contribution in [0.25, 0.3) is 17.0 Å². The third kappa shape index (κ3) is 4.18. The maximum absolute atomic E-state index is 12.5. The van der Waals surface area contributed by atoms with Crippen LogP contribution in [0.15, 0.2) is 30.3 Å². The van der Waals surface area contributed by atoms with E-state index in [1.165, 1.54) is 0 Å². The van der Waals surface area contributed by atoms with Gasteiger partial charge in [-0.1, -0.05) is 26.7 Å². The second kappa shape index (κ2) is 8.91. The number of ether oxygens (including phenoxy) is 1. The lowest BCUT2D eigenvalue weighted by Gasteiger charge is -2.14. The molecule has 0 saturated heterocycles. The molecule has 0 aliphatic rings. The lowest BCUT2D eigenvalue weighted by Crippen LogP contribution is -2.22. The first-order chi connectivity index (χ1) is 13.6. The molecule has 0 spiro atoms. The third-order valence-electron chi connectivity index (χ3n) is 4.97. The predicted molar refractivity (Wildman–Crippen MR) is 110 cm³/mol. The number of unbranched alkanes of at least 4 members (excludes halogenated alkanes) is 1. The van der Waals surface area contributed by atoms with E-state index >= 15 is 0 Å². The minimum atomic E-state index is 0.0708. The van der Waals surface area contributed by atoms with E-state index in [2.05, 4.69) is 29.4 Å². The van der Waals surface area contributed by atoms with Gasteiger partial charge in [0, 0.05) is 30.3 Å². The average Bonchev–Trinajstić information content (AvgIpc) is 3.22. The van der Waals surface area contributed by atoms with Crippen LogP contribution in [0.3, 0.4) is 0 Å². The summed E-state index contributed by atoms with van der Waals surface area (Å²) in [4.78, 5) is 12.5. The number of hydrogen-bond acceptors (Lipinski definition) is 4. The number of benzene rings is 1. The Bertz CT molecular complexity index is 926. The van der Waals surface area contributed by atoms with E-state index in [9.17, 15) is 4.79 Å². The fourth-order valence-corrected chi connectivity index (χ4v) is 3.30. The first-order valence-corrected chi connectivity index (χ1v) is 10.0. The third-order valence-corrected chi connectivity index (χ3v) is 4.97. The van der Waals surface area contributed by atoms with Gasteiger partial charge in [-0.15, -0.1) is 14.8 Å². The molecule has 7 nitrogen and oxygen atoms in total. The summed E-state index contributed by atoms with van der Waals surface area (Å²) in [5.74, 6) is 1.54. The minimum Gasteiger partial charge on any atom is -0.477 e. The Balaban J connectivity index is 1.73. The minimum absolute atomic E-state index is 0.0708. The van der Waals surface area contributed by atoms with Crippen molar-refractivity contribution in [3.8, 4) is 17.3 Å². The average molecular weight is 383 g/mol. The van der Waals surface area contributed by atoms with E-state index in [0.717, 1.165) is 48.4 Å². The van der Waals surface area contributed by atoms with E-state index < -0.39 is 0 Å². The van der Waals surface area contributed by atoms with Crippen molar-refractivity contribution < 1.29 is 9.53 Å². The molecule has 3 rings (SSSR count). The van der Waals surface area contributed by atoms with Crippen LogP contribution in [0.2, 0.25) is 0 Å². The van der Waals surface area contributed by atoms with E-state index in [1.807, 2.05) is 48.9 Å². The van der Waals surface area contributed by atoms with Gasteiger partial charge in [0.2, 0.25) is 11.8 Å². The number of fused-ring (bicyclic) bond motifs is 1. The van der Waals surface area contributed by atoms with Crippen LogP contribution in [0, 0.1) is 5.92 Å². The Labute approximate surface area is 165 Å². The van der Waals surface area contributed by atoms with Crippen molar-refractivity contribution in [2.75, 3.05) is 11.9 Å². The molecule has 0 radical (unpaired) electrons. The van der Waals surface area contributed by atoms with Crippen LogP contribution in [0.1, 0.15) is 46.5 Å². The maximum atomic E-state index is 12.5. The van der Waals surface area contributed by atoms with Gasteiger partial charge in [-0.2, -0.15) is 0 Å². The molecule has 7 heteroatoms. The van der Waals surface area contributed by atoms with Gasteiger partial charge in [0.15, 0.2) is 11.5 Å². The molecule has 0 bridgehead atoms. The summed E-state index contributed by atoms with van der Waals surface area (Å²) >= 11 is 0.